The van der Waals surface area contributed by atoms with Gasteiger partial charge in [-0.05, 0) is 54.5 Å². The number of carbonyl (C=O) groups is 3. The second kappa shape index (κ2) is 11.6. The van der Waals surface area contributed by atoms with Crippen molar-refractivity contribution in [3.05, 3.63) is 71.4 Å². The Bertz CT molecular complexity index is 1490. The van der Waals surface area contributed by atoms with E-state index in [4.69, 9.17) is 5.73 Å². The molecule has 10 nitrogen and oxygen atoms in total. The smallest absolute Gasteiger partial charge is 0.254 e. The summed E-state index contributed by atoms with van der Waals surface area (Å²) in [7, 11) is 3.49. The van der Waals surface area contributed by atoms with Crippen molar-refractivity contribution in [2.24, 2.45) is 11.7 Å². The van der Waals surface area contributed by atoms with E-state index in [-0.39, 0.29) is 35.5 Å². The lowest BCUT2D eigenvalue weighted by Crippen LogP contribution is -2.46. The van der Waals surface area contributed by atoms with Gasteiger partial charge in [-0.15, -0.1) is 0 Å². The Balaban J connectivity index is 1.26. The number of nitriles is 1. The maximum absolute atomic E-state index is 12.4. The van der Waals surface area contributed by atoms with Crippen LogP contribution < -0.4 is 11.1 Å². The van der Waals surface area contributed by atoms with Gasteiger partial charge in [0.25, 0.3) is 11.8 Å². The highest BCUT2D eigenvalue weighted by Gasteiger charge is 2.39. The summed E-state index contributed by atoms with van der Waals surface area (Å²) in [6, 6.07) is 18.3. The quantitative estimate of drug-likeness (QED) is 0.415. The third-order valence-corrected chi connectivity index (χ3v) is 8.06. The standard InChI is InChI=1S/C31H35N7O3/c1-36(2)30(41)25-5-3-4-24(18-25)22-8-6-21(7-9-22)19-37-16-13-31(12-15-32,14-17-37)38-20-26(27(33)39)28(35-38)34-29(40)23-10-11-23/h3-9,18,20,23H,10-14,16-17,19H2,1-2H3,(H2,33,39)(H,34,35,40). The molecule has 1 aromatic heterocycles. The number of piperidine rings is 1. The Morgan fingerprint density at radius 3 is 2.41 bits per heavy atom. The van der Waals surface area contributed by atoms with Crippen LogP contribution in [0.1, 0.15) is 58.4 Å². The third-order valence-electron chi connectivity index (χ3n) is 8.06. The first-order valence-corrected chi connectivity index (χ1v) is 13.9. The molecule has 0 bridgehead atoms. The monoisotopic (exact) mass is 553 g/mol. The number of amides is 3. The van der Waals surface area contributed by atoms with Crippen LogP contribution in [0, 0.1) is 17.2 Å². The lowest BCUT2D eigenvalue weighted by atomic mass is 9.84. The molecule has 1 saturated carbocycles. The van der Waals surface area contributed by atoms with Gasteiger partial charge in [-0.2, -0.15) is 10.4 Å². The van der Waals surface area contributed by atoms with Gasteiger partial charge in [-0.1, -0.05) is 36.4 Å². The van der Waals surface area contributed by atoms with E-state index >= 15 is 0 Å². The lowest BCUT2D eigenvalue weighted by molar-refractivity contribution is -0.117. The fraction of sp³-hybridized carbons (Fsp3) is 0.387. The summed E-state index contributed by atoms with van der Waals surface area (Å²) in [6.45, 7) is 2.25. The molecule has 2 aromatic carbocycles. The molecular formula is C31H35N7O3. The molecule has 0 radical (unpaired) electrons. The molecule has 5 rings (SSSR count). The van der Waals surface area contributed by atoms with Crippen LogP contribution in [0.15, 0.2) is 54.7 Å². The predicted molar refractivity (Wildman–Crippen MR) is 155 cm³/mol. The molecule has 2 aliphatic rings. The molecule has 3 N–H and O–H groups in total. The van der Waals surface area contributed by atoms with Gasteiger partial charge in [-0.3, -0.25) is 24.0 Å². The largest absolute Gasteiger partial charge is 0.365 e. The Morgan fingerprint density at radius 2 is 1.80 bits per heavy atom. The Labute approximate surface area is 239 Å². The van der Waals surface area contributed by atoms with Gasteiger partial charge in [0.05, 0.1) is 18.0 Å². The minimum Gasteiger partial charge on any atom is -0.365 e. The van der Waals surface area contributed by atoms with E-state index in [0.717, 1.165) is 43.6 Å². The molecule has 41 heavy (non-hydrogen) atoms. The van der Waals surface area contributed by atoms with Crippen LogP contribution in [0.25, 0.3) is 11.1 Å². The molecule has 0 atom stereocenters. The van der Waals surface area contributed by atoms with Crippen LogP contribution in [0.5, 0.6) is 0 Å². The first kappa shape index (κ1) is 28.1. The molecule has 2 heterocycles. The van der Waals surface area contributed by atoms with E-state index in [1.807, 2.05) is 24.3 Å². The summed E-state index contributed by atoms with van der Waals surface area (Å²) in [6.07, 6.45) is 4.82. The maximum atomic E-state index is 12.4. The molecule has 3 aromatic rings. The number of rotatable bonds is 9. The van der Waals surface area contributed by atoms with Gasteiger partial charge in [0.2, 0.25) is 5.91 Å². The molecule has 10 heteroatoms. The van der Waals surface area contributed by atoms with Gasteiger partial charge in [0.15, 0.2) is 5.82 Å². The SMILES string of the molecule is CN(C)C(=O)c1cccc(-c2ccc(CN3CCC(CC#N)(n4cc(C(N)=O)c(NC(=O)C5CC5)n4)CC3)cc2)c1. The normalized spacial score (nSPS) is 16.5. The number of hydrogen-bond donors (Lipinski definition) is 2. The molecule has 0 unspecified atom stereocenters. The van der Waals surface area contributed by atoms with Gasteiger partial charge < -0.3 is 16.0 Å². The summed E-state index contributed by atoms with van der Waals surface area (Å²) >= 11 is 0. The van der Waals surface area contributed by atoms with Crippen LogP contribution in [0.3, 0.4) is 0 Å². The summed E-state index contributed by atoms with van der Waals surface area (Å²) < 4.78 is 1.68. The highest BCUT2D eigenvalue weighted by atomic mass is 16.2. The van der Waals surface area contributed by atoms with Crippen LogP contribution >= 0.6 is 0 Å². The number of primary amides is 1. The van der Waals surface area contributed by atoms with Gasteiger partial charge in [0.1, 0.15) is 5.56 Å². The minimum atomic E-state index is -0.661. The number of anilines is 1. The maximum Gasteiger partial charge on any atom is 0.254 e. The van der Waals surface area contributed by atoms with E-state index in [1.54, 1.807) is 29.9 Å². The number of nitrogens with two attached hydrogens (primary N) is 1. The number of benzene rings is 2. The van der Waals surface area contributed by atoms with Crippen LogP contribution in [-0.2, 0) is 16.9 Å². The average Bonchev–Trinajstić information content (AvgIpc) is 3.74. The molecule has 0 spiro atoms. The van der Waals surface area contributed by atoms with Crippen molar-refractivity contribution in [3.8, 4) is 17.2 Å². The summed E-state index contributed by atoms with van der Waals surface area (Å²) in [4.78, 5) is 40.7. The molecule has 1 saturated heterocycles. The van der Waals surface area contributed by atoms with Crippen molar-refractivity contribution in [1.82, 2.24) is 19.6 Å². The van der Waals surface area contributed by atoms with Crippen molar-refractivity contribution in [3.63, 3.8) is 0 Å². The number of aromatic nitrogens is 2. The Hall–Kier alpha value is -4.49. The van der Waals surface area contributed by atoms with E-state index in [9.17, 15) is 19.6 Å². The third kappa shape index (κ3) is 6.15. The minimum absolute atomic E-state index is 0.0266. The zero-order chi connectivity index (χ0) is 29.1. The average molecular weight is 554 g/mol. The van der Waals surface area contributed by atoms with Crippen molar-refractivity contribution in [2.75, 3.05) is 32.5 Å². The zero-order valence-electron chi connectivity index (χ0n) is 23.5. The first-order chi connectivity index (χ1) is 19.7. The van der Waals surface area contributed by atoms with Crippen molar-refractivity contribution >= 4 is 23.5 Å². The van der Waals surface area contributed by atoms with Gasteiger partial charge in [0, 0.05) is 51.4 Å². The molecular weight excluding hydrogens is 518 g/mol. The summed E-state index contributed by atoms with van der Waals surface area (Å²) in [5.41, 5.74) is 9.03. The fourth-order valence-electron chi connectivity index (χ4n) is 5.37. The van der Waals surface area contributed by atoms with E-state index in [1.165, 1.54) is 5.56 Å². The van der Waals surface area contributed by atoms with Crippen molar-refractivity contribution in [1.29, 1.82) is 5.26 Å². The molecule has 2 fully saturated rings. The van der Waals surface area contributed by atoms with Crippen LogP contribution in [0.2, 0.25) is 0 Å². The summed E-state index contributed by atoms with van der Waals surface area (Å²) in [5, 5.41) is 17.0. The topological polar surface area (TPSA) is 137 Å². The van der Waals surface area contributed by atoms with Crippen LogP contribution in [-0.4, -0.2) is 64.5 Å². The molecule has 1 aliphatic heterocycles. The summed E-state index contributed by atoms with van der Waals surface area (Å²) in [5.74, 6) is -0.704. The van der Waals surface area contributed by atoms with Crippen molar-refractivity contribution in [2.45, 2.75) is 44.2 Å². The zero-order valence-corrected chi connectivity index (χ0v) is 23.5. The van der Waals surface area contributed by atoms with Crippen LogP contribution in [0.4, 0.5) is 5.82 Å². The number of likely N-dealkylation sites (tertiary alicyclic amines) is 1. The molecule has 3 amide bonds. The molecule has 1 aliphatic carbocycles. The fourth-order valence-corrected chi connectivity index (χ4v) is 5.37. The van der Waals surface area contributed by atoms with Gasteiger partial charge >= 0.3 is 0 Å². The first-order valence-electron chi connectivity index (χ1n) is 13.9. The second-order valence-electron chi connectivity index (χ2n) is 11.3. The van der Waals surface area contributed by atoms with E-state index in [2.05, 4.69) is 45.7 Å². The Kier molecular flexibility index (Phi) is 7.90. The number of carbonyl (C=O) groups excluding carboxylic acids is 3. The second-order valence-corrected chi connectivity index (χ2v) is 11.3. The number of hydrogen-bond acceptors (Lipinski definition) is 6. The van der Waals surface area contributed by atoms with Gasteiger partial charge in [-0.25, -0.2) is 0 Å². The van der Waals surface area contributed by atoms with E-state index in [0.29, 0.717) is 18.4 Å². The highest BCUT2D eigenvalue weighted by molar-refractivity contribution is 6.02. The Morgan fingerprint density at radius 1 is 1.10 bits per heavy atom. The number of nitrogens with zero attached hydrogens (tertiary/aromatic N) is 5. The predicted octanol–water partition coefficient (Wildman–Crippen LogP) is 3.60. The highest BCUT2D eigenvalue weighted by Crippen LogP contribution is 2.36. The lowest BCUT2D eigenvalue weighted by Gasteiger charge is -2.40. The number of nitrogens with one attached hydrogen (secondary N) is 1. The molecule has 212 valence electrons. The van der Waals surface area contributed by atoms with Crippen molar-refractivity contribution < 1.29 is 14.4 Å². The van der Waals surface area contributed by atoms with E-state index < -0.39 is 11.4 Å².